The molecule has 2 N–H and O–H groups in total. The van der Waals surface area contributed by atoms with Crippen molar-refractivity contribution in [1.82, 2.24) is 0 Å². The summed E-state index contributed by atoms with van der Waals surface area (Å²) >= 11 is 0. The molecule has 0 bridgehead atoms. The number of unbranched alkanes of at least 4 members (excludes halogenated alkanes) is 6. The van der Waals surface area contributed by atoms with Gasteiger partial charge in [-0.05, 0) is 12.3 Å². The fourth-order valence-electron chi connectivity index (χ4n) is 2.25. The predicted molar refractivity (Wildman–Crippen MR) is 76.4 cm³/mol. The highest BCUT2D eigenvalue weighted by Crippen LogP contribution is 2.16. The molecule has 3 heteroatoms. The van der Waals surface area contributed by atoms with Crippen LogP contribution in [0.15, 0.2) is 0 Å². The Kier molecular flexibility index (Phi) is 11.2. The van der Waals surface area contributed by atoms with Crippen LogP contribution in [0.5, 0.6) is 0 Å². The average Bonchev–Trinajstić information content (AvgIpc) is 2.36. The minimum atomic E-state index is -0.449. The van der Waals surface area contributed by atoms with E-state index < -0.39 is 6.04 Å². The number of esters is 1. The number of hydrogen-bond donors (Lipinski definition) is 1. The van der Waals surface area contributed by atoms with Gasteiger partial charge in [-0.25, -0.2) is 0 Å². The Bertz CT molecular complexity index is 207. The summed E-state index contributed by atoms with van der Waals surface area (Å²) in [5.41, 5.74) is 5.74. The summed E-state index contributed by atoms with van der Waals surface area (Å²) in [6.45, 7) is 4.41. The molecule has 0 aliphatic rings. The van der Waals surface area contributed by atoms with Gasteiger partial charge in [0.15, 0.2) is 0 Å². The Morgan fingerprint density at radius 3 is 2.22 bits per heavy atom. The highest BCUT2D eigenvalue weighted by molar-refractivity contribution is 5.75. The van der Waals surface area contributed by atoms with Crippen LogP contribution in [0, 0.1) is 5.92 Å². The summed E-state index contributed by atoms with van der Waals surface area (Å²) in [5.74, 6) is 0.219. The maximum Gasteiger partial charge on any atom is 0.322 e. The number of rotatable bonds is 11. The van der Waals surface area contributed by atoms with E-state index in [1.807, 2.05) is 0 Å². The molecule has 0 aliphatic carbocycles. The molecule has 0 aromatic heterocycles. The molecule has 0 aromatic rings. The van der Waals surface area contributed by atoms with Gasteiger partial charge in [-0.15, -0.1) is 0 Å². The zero-order chi connectivity index (χ0) is 13.8. The van der Waals surface area contributed by atoms with Crippen LogP contribution in [0.2, 0.25) is 0 Å². The third-order valence-electron chi connectivity index (χ3n) is 3.46. The van der Waals surface area contributed by atoms with E-state index in [4.69, 9.17) is 5.73 Å². The first-order chi connectivity index (χ1) is 8.61. The molecule has 0 aliphatic heterocycles. The highest BCUT2D eigenvalue weighted by Gasteiger charge is 2.16. The van der Waals surface area contributed by atoms with Crippen molar-refractivity contribution >= 4 is 5.97 Å². The summed E-state index contributed by atoms with van der Waals surface area (Å²) < 4.78 is 4.63. The summed E-state index contributed by atoms with van der Waals surface area (Å²) in [6.07, 6.45) is 11.2. The monoisotopic (exact) mass is 257 g/mol. The third kappa shape index (κ3) is 9.46. The van der Waals surface area contributed by atoms with Crippen molar-refractivity contribution in [2.24, 2.45) is 11.7 Å². The van der Waals surface area contributed by atoms with Crippen LogP contribution in [0.4, 0.5) is 0 Å². The van der Waals surface area contributed by atoms with Gasteiger partial charge >= 0.3 is 5.97 Å². The molecule has 0 spiro atoms. The van der Waals surface area contributed by atoms with Crippen LogP contribution in [0.3, 0.4) is 0 Å². The minimum Gasteiger partial charge on any atom is -0.468 e. The van der Waals surface area contributed by atoms with Crippen LogP contribution in [-0.2, 0) is 9.53 Å². The molecule has 0 amide bonds. The van der Waals surface area contributed by atoms with Gasteiger partial charge in [0.25, 0.3) is 0 Å². The van der Waals surface area contributed by atoms with Gasteiger partial charge in [-0.1, -0.05) is 65.2 Å². The molecular weight excluding hydrogens is 226 g/mol. The molecule has 18 heavy (non-hydrogen) atoms. The quantitative estimate of drug-likeness (QED) is 0.454. The van der Waals surface area contributed by atoms with E-state index in [1.54, 1.807) is 0 Å². The lowest BCUT2D eigenvalue weighted by molar-refractivity contribution is -0.142. The maximum atomic E-state index is 11.2. The van der Waals surface area contributed by atoms with E-state index in [2.05, 4.69) is 18.6 Å². The van der Waals surface area contributed by atoms with Gasteiger partial charge in [0.05, 0.1) is 7.11 Å². The summed E-state index contributed by atoms with van der Waals surface area (Å²) in [6, 6.07) is -0.449. The van der Waals surface area contributed by atoms with Gasteiger partial charge in [0, 0.05) is 0 Å². The van der Waals surface area contributed by atoms with Crippen molar-refractivity contribution in [1.29, 1.82) is 0 Å². The fraction of sp³-hybridized carbons (Fsp3) is 0.933. The lowest BCUT2D eigenvalue weighted by Crippen LogP contribution is -2.33. The molecule has 2 unspecified atom stereocenters. The van der Waals surface area contributed by atoms with Crippen molar-refractivity contribution in [3.05, 3.63) is 0 Å². The van der Waals surface area contributed by atoms with Crippen molar-refractivity contribution < 1.29 is 9.53 Å². The van der Waals surface area contributed by atoms with Gasteiger partial charge in [-0.3, -0.25) is 4.79 Å². The normalized spacial score (nSPS) is 14.2. The van der Waals surface area contributed by atoms with Crippen molar-refractivity contribution in [3.63, 3.8) is 0 Å². The Morgan fingerprint density at radius 2 is 1.67 bits per heavy atom. The molecular formula is C15H31NO2. The van der Waals surface area contributed by atoms with Gasteiger partial charge in [-0.2, -0.15) is 0 Å². The van der Waals surface area contributed by atoms with Crippen LogP contribution in [0.1, 0.15) is 71.6 Å². The van der Waals surface area contributed by atoms with Crippen molar-refractivity contribution in [2.75, 3.05) is 7.11 Å². The first-order valence-corrected chi connectivity index (χ1v) is 7.45. The second-order valence-corrected chi connectivity index (χ2v) is 5.38. The smallest absolute Gasteiger partial charge is 0.322 e. The molecule has 0 aromatic carbocycles. The molecule has 0 radical (unpaired) electrons. The number of hydrogen-bond acceptors (Lipinski definition) is 3. The standard InChI is InChI=1S/C15H31NO2/c1-4-5-6-7-8-9-10-11-13(2)12-14(16)15(17)18-3/h13-14H,4-12,16H2,1-3H3. The minimum absolute atomic E-state index is 0.290. The number of carbonyl (C=O) groups is 1. The third-order valence-corrected chi connectivity index (χ3v) is 3.46. The number of carbonyl (C=O) groups excluding carboxylic acids is 1. The zero-order valence-corrected chi connectivity index (χ0v) is 12.4. The topological polar surface area (TPSA) is 52.3 Å². The van der Waals surface area contributed by atoms with Crippen LogP contribution < -0.4 is 5.73 Å². The van der Waals surface area contributed by atoms with Gasteiger partial charge < -0.3 is 10.5 Å². The van der Waals surface area contributed by atoms with Crippen LogP contribution in [-0.4, -0.2) is 19.1 Å². The second-order valence-electron chi connectivity index (χ2n) is 5.38. The van der Waals surface area contributed by atoms with E-state index in [9.17, 15) is 4.79 Å². The first kappa shape index (κ1) is 17.4. The fourth-order valence-corrected chi connectivity index (χ4v) is 2.25. The first-order valence-electron chi connectivity index (χ1n) is 7.45. The molecule has 0 saturated heterocycles. The summed E-state index contributed by atoms with van der Waals surface area (Å²) in [7, 11) is 1.39. The predicted octanol–water partition coefficient (Wildman–Crippen LogP) is 3.65. The van der Waals surface area contributed by atoms with E-state index in [-0.39, 0.29) is 5.97 Å². The lowest BCUT2D eigenvalue weighted by atomic mass is 9.95. The SMILES string of the molecule is CCCCCCCCCC(C)CC(N)C(=O)OC. The molecule has 3 nitrogen and oxygen atoms in total. The molecule has 0 heterocycles. The highest BCUT2D eigenvalue weighted by atomic mass is 16.5. The largest absolute Gasteiger partial charge is 0.468 e. The zero-order valence-electron chi connectivity index (χ0n) is 12.4. The Morgan fingerprint density at radius 1 is 1.11 bits per heavy atom. The average molecular weight is 257 g/mol. The number of methoxy groups -OCH3 is 1. The second kappa shape index (κ2) is 11.5. The van der Waals surface area contributed by atoms with Crippen molar-refractivity contribution in [3.8, 4) is 0 Å². The number of nitrogens with two attached hydrogens (primary N) is 1. The van der Waals surface area contributed by atoms with E-state index in [0.717, 1.165) is 6.42 Å². The Labute approximate surface area is 112 Å². The van der Waals surface area contributed by atoms with Crippen LogP contribution >= 0.6 is 0 Å². The molecule has 0 fully saturated rings. The summed E-state index contributed by atoms with van der Waals surface area (Å²) in [4.78, 5) is 11.2. The molecule has 0 rings (SSSR count). The van der Waals surface area contributed by atoms with Gasteiger partial charge in [0.2, 0.25) is 0 Å². The lowest BCUT2D eigenvalue weighted by Gasteiger charge is -2.15. The van der Waals surface area contributed by atoms with Gasteiger partial charge in [0.1, 0.15) is 6.04 Å². The van der Waals surface area contributed by atoms with Crippen LogP contribution in [0.25, 0.3) is 0 Å². The maximum absolute atomic E-state index is 11.2. The molecule has 0 saturated carbocycles. The Hall–Kier alpha value is -0.570. The van der Waals surface area contributed by atoms with E-state index >= 15 is 0 Å². The number of ether oxygens (including phenoxy) is 1. The molecule has 108 valence electrons. The van der Waals surface area contributed by atoms with Crippen molar-refractivity contribution in [2.45, 2.75) is 77.7 Å². The Balaban J connectivity index is 3.42. The van der Waals surface area contributed by atoms with E-state index in [0.29, 0.717) is 5.92 Å². The van der Waals surface area contributed by atoms with E-state index in [1.165, 1.54) is 58.5 Å². The molecule has 2 atom stereocenters. The summed E-state index contributed by atoms with van der Waals surface area (Å²) in [5, 5.41) is 0.